The summed E-state index contributed by atoms with van der Waals surface area (Å²) in [6.07, 6.45) is 3.64. The van der Waals surface area contributed by atoms with Gasteiger partial charge in [-0.2, -0.15) is 0 Å². The molecule has 1 N–H and O–H groups in total. The van der Waals surface area contributed by atoms with Gasteiger partial charge in [-0.25, -0.2) is 9.97 Å². The molecule has 2 bridgehead atoms. The standard InChI is InChI=1S/C15H17N3O/c19-14-6-10-5-11(14)8-18(7-10)15-12-3-1-2-4-13(12)16-9-17-15/h1-4,9-11,14,19H,5-8H2. The monoisotopic (exact) mass is 255 g/mol. The third-order valence-corrected chi connectivity index (χ3v) is 4.51. The van der Waals surface area contributed by atoms with Crippen molar-refractivity contribution < 1.29 is 5.11 Å². The van der Waals surface area contributed by atoms with Gasteiger partial charge < -0.3 is 10.0 Å². The Bertz CT molecular complexity index is 608. The predicted molar refractivity (Wildman–Crippen MR) is 74.0 cm³/mol. The van der Waals surface area contributed by atoms with E-state index in [-0.39, 0.29) is 6.10 Å². The molecule has 19 heavy (non-hydrogen) atoms. The molecular weight excluding hydrogens is 238 g/mol. The third-order valence-electron chi connectivity index (χ3n) is 4.51. The van der Waals surface area contributed by atoms with Gasteiger partial charge in [0.05, 0.1) is 11.6 Å². The van der Waals surface area contributed by atoms with Crippen LogP contribution in [0.3, 0.4) is 0 Å². The summed E-state index contributed by atoms with van der Waals surface area (Å²) >= 11 is 0. The van der Waals surface area contributed by atoms with Crippen molar-refractivity contribution in [3.8, 4) is 0 Å². The lowest BCUT2D eigenvalue weighted by atomic mass is 9.98. The van der Waals surface area contributed by atoms with Crippen molar-refractivity contribution >= 4 is 16.7 Å². The molecule has 2 aromatic rings. The largest absolute Gasteiger partial charge is 0.393 e. The number of hydrogen-bond donors (Lipinski definition) is 1. The zero-order valence-corrected chi connectivity index (χ0v) is 10.7. The van der Waals surface area contributed by atoms with E-state index < -0.39 is 0 Å². The topological polar surface area (TPSA) is 49.2 Å². The molecule has 1 aliphatic carbocycles. The minimum absolute atomic E-state index is 0.122. The Hall–Kier alpha value is -1.68. The number of anilines is 1. The van der Waals surface area contributed by atoms with Crippen LogP contribution in [0.5, 0.6) is 0 Å². The van der Waals surface area contributed by atoms with Crippen LogP contribution < -0.4 is 4.90 Å². The van der Waals surface area contributed by atoms with Gasteiger partial charge in [-0.05, 0) is 30.9 Å². The van der Waals surface area contributed by atoms with Gasteiger partial charge in [0, 0.05) is 24.4 Å². The number of aliphatic hydroxyl groups is 1. The Morgan fingerprint density at radius 3 is 2.89 bits per heavy atom. The highest BCUT2D eigenvalue weighted by Gasteiger charge is 2.39. The van der Waals surface area contributed by atoms with Gasteiger partial charge in [0.1, 0.15) is 12.1 Å². The normalized spacial score (nSPS) is 29.9. The van der Waals surface area contributed by atoms with E-state index in [1.807, 2.05) is 18.2 Å². The number of aliphatic hydroxyl groups excluding tert-OH is 1. The minimum atomic E-state index is -0.122. The van der Waals surface area contributed by atoms with Gasteiger partial charge >= 0.3 is 0 Å². The van der Waals surface area contributed by atoms with Crippen LogP contribution in [0.2, 0.25) is 0 Å². The molecule has 0 amide bonds. The van der Waals surface area contributed by atoms with Crippen molar-refractivity contribution in [1.29, 1.82) is 0 Å². The van der Waals surface area contributed by atoms with E-state index in [4.69, 9.17) is 0 Å². The predicted octanol–water partition coefficient (Wildman–Crippen LogP) is 1.84. The van der Waals surface area contributed by atoms with E-state index >= 15 is 0 Å². The lowest BCUT2D eigenvalue weighted by molar-refractivity contribution is 0.137. The van der Waals surface area contributed by atoms with Crippen LogP contribution in [0, 0.1) is 11.8 Å². The van der Waals surface area contributed by atoms with Crippen molar-refractivity contribution in [3.63, 3.8) is 0 Å². The summed E-state index contributed by atoms with van der Waals surface area (Å²) in [4.78, 5) is 11.1. The molecule has 1 aliphatic heterocycles. The van der Waals surface area contributed by atoms with E-state index in [0.29, 0.717) is 11.8 Å². The fourth-order valence-electron chi connectivity index (χ4n) is 3.65. The highest BCUT2D eigenvalue weighted by molar-refractivity contribution is 5.89. The maximum Gasteiger partial charge on any atom is 0.139 e. The summed E-state index contributed by atoms with van der Waals surface area (Å²) in [5.41, 5.74) is 0.992. The van der Waals surface area contributed by atoms with Crippen molar-refractivity contribution in [2.24, 2.45) is 11.8 Å². The van der Waals surface area contributed by atoms with Gasteiger partial charge in [-0.1, -0.05) is 12.1 Å². The molecule has 1 aromatic heterocycles. The zero-order valence-electron chi connectivity index (χ0n) is 10.7. The third kappa shape index (κ3) is 1.78. The summed E-state index contributed by atoms with van der Waals surface area (Å²) in [7, 11) is 0. The second-order valence-corrected chi connectivity index (χ2v) is 5.78. The van der Waals surface area contributed by atoms with Crippen LogP contribution in [0.4, 0.5) is 5.82 Å². The summed E-state index contributed by atoms with van der Waals surface area (Å²) in [5.74, 6) is 2.05. The Labute approximate surface area is 112 Å². The first-order chi connectivity index (χ1) is 9.31. The second kappa shape index (κ2) is 4.17. The Morgan fingerprint density at radius 2 is 2.00 bits per heavy atom. The lowest BCUT2D eigenvalue weighted by Crippen LogP contribution is -2.38. The molecule has 2 heterocycles. The molecule has 1 aromatic carbocycles. The molecule has 2 aliphatic rings. The van der Waals surface area contributed by atoms with Crippen molar-refractivity contribution in [3.05, 3.63) is 30.6 Å². The summed E-state index contributed by atoms with van der Waals surface area (Å²) < 4.78 is 0. The first-order valence-electron chi connectivity index (χ1n) is 6.94. The molecule has 2 fully saturated rings. The zero-order chi connectivity index (χ0) is 12.8. The number of para-hydroxylation sites is 1. The number of rotatable bonds is 1. The Balaban J connectivity index is 1.75. The number of benzene rings is 1. The molecule has 1 saturated heterocycles. The van der Waals surface area contributed by atoms with E-state index in [9.17, 15) is 5.11 Å². The number of piperidine rings is 1. The van der Waals surface area contributed by atoms with E-state index in [0.717, 1.165) is 36.2 Å². The van der Waals surface area contributed by atoms with Crippen molar-refractivity contribution in [2.75, 3.05) is 18.0 Å². The maximum atomic E-state index is 10.0. The van der Waals surface area contributed by atoms with Crippen LogP contribution >= 0.6 is 0 Å². The van der Waals surface area contributed by atoms with Crippen LogP contribution in [-0.2, 0) is 0 Å². The molecule has 4 nitrogen and oxygen atoms in total. The first-order valence-corrected chi connectivity index (χ1v) is 6.94. The fraction of sp³-hybridized carbons (Fsp3) is 0.467. The van der Waals surface area contributed by atoms with Crippen LogP contribution in [0.1, 0.15) is 12.8 Å². The lowest BCUT2D eigenvalue weighted by Gasteiger charge is -2.33. The van der Waals surface area contributed by atoms with Gasteiger partial charge in [-0.3, -0.25) is 0 Å². The van der Waals surface area contributed by atoms with Crippen LogP contribution in [0.15, 0.2) is 30.6 Å². The highest BCUT2D eigenvalue weighted by Crippen LogP contribution is 2.39. The average molecular weight is 255 g/mol. The minimum Gasteiger partial charge on any atom is -0.393 e. The molecular formula is C15H17N3O. The molecule has 4 rings (SSSR count). The van der Waals surface area contributed by atoms with Crippen LogP contribution in [-0.4, -0.2) is 34.3 Å². The molecule has 1 saturated carbocycles. The molecule has 0 spiro atoms. The highest BCUT2D eigenvalue weighted by atomic mass is 16.3. The molecule has 3 atom stereocenters. The van der Waals surface area contributed by atoms with E-state index in [2.05, 4.69) is 20.9 Å². The van der Waals surface area contributed by atoms with Crippen molar-refractivity contribution in [1.82, 2.24) is 9.97 Å². The van der Waals surface area contributed by atoms with E-state index in [1.165, 1.54) is 6.42 Å². The quantitative estimate of drug-likeness (QED) is 0.844. The maximum absolute atomic E-state index is 10.0. The Morgan fingerprint density at radius 1 is 1.11 bits per heavy atom. The fourth-order valence-corrected chi connectivity index (χ4v) is 3.65. The smallest absolute Gasteiger partial charge is 0.139 e. The number of fused-ring (bicyclic) bond motifs is 3. The number of aromatic nitrogens is 2. The first kappa shape index (κ1) is 11.2. The molecule has 0 radical (unpaired) electrons. The van der Waals surface area contributed by atoms with Crippen LogP contribution in [0.25, 0.3) is 10.9 Å². The average Bonchev–Trinajstić information content (AvgIpc) is 2.71. The summed E-state index contributed by atoms with van der Waals surface area (Å²) in [5, 5.41) is 11.1. The number of nitrogens with zero attached hydrogens (tertiary/aromatic N) is 3. The van der Waals surface area contributed by atoms with E-state index in [1.54, 1.807) is 6.33 Å². The summed E-state index contributed by atoms with van der Waals surface area (Å²) in [6, 6.07) is 8.14. The summed E-state index contributed by atoms with van der Waals surface area (Å²) in [6.45, 7) is 1.92. The van der Waals surface area contributed by atoms with Gasteiger partial charge in [0.25, 0.3) is 0 Å². The number of hydrogen-bond acceptors (Lipinski definition) is 4. The second-order valence-electron chi connectivity index (χ2n) is 5.78. The van der Waals surface area contributed by atoms with Gasteiger partial charge in [0.15, 0.2) is 0 Å². The molecule has 4 heteroatoms. The van der Waals surface area contributed by atoms with Gasteiger partial charge in [0.2, 0.25) is 0 Å². The molecule has 3 unspecified atom stereocenters. The SMILES string of the molecule is OC1CC2CC1CN(c1ncnc3ccccc13)C2. The van der Waals surface area contributed by atoms with Crippen molar-refractivity contribution in [2.45, 2.75) is 18.9 Å². The Kier molecular flexibility index (Phi) is 2.45. The molecule has 98 valence electrons. The van der Waals surface area contributed by atoms with Gasteiger partial charge in [-0.15, -0.1) is 0 Å².